The van der Waals surface area contributed by atoms with Crippen molar-refractivity contribution in [2.75, 3.05) is 13.7 Å². The van der Waals surface area contributed by atoms with Crippen molar-refractivity contribution >= 4 is 11.6 Å². The normalized spacial score (nSPS) is 19.0. The number of fused-ring (bicyclic) bond motifs is 1. The zero-order valence-corrected chi connectivity index (χ0v) is 13.5. The van der Waals surface area contributed by atoms with E-state index in [1.165, 1.54) is 7.11 Å². The fourth-order valence-electron chi connectivity index (χ4n) is 3.18. The molecule has 1 saturated heterocycles. The molecule has 6 nitrogen and oxygen atoms in total. The van der Waals surface area contributed by atoms with Gasteiger partial charge >= 0.3 is 5.97 Å². The smallest absolute Gasteiger partial charge is 0.323 e. The largest absolute Gasteiger partial charge is 0.468 e. The molecule has 1 fully saturated rings. The lowest BCUT2D eigenvalue weighted by Crippen LogP contribution is -2.45. The number of esters is 1. The minimum atomic E-state index is -0.245. The first-order valence-corrected chi connectivity index (χ1v) is 7.90. The number of likely N-dealkylation sites (tertiary alicyclic amines) is 1. The Kier molecular flexibility index (Phi) is 4.43. The molecule has 0 amide bonds. The summed E-state index contributed by atoms with van der Waals surface area (Å²) in [6.07, 6.45) is 4.57. The summed E-state index contributed by atoms with van der Waals surface area (Å²) in [5.41, 5.74) is 2.22. The lowest BCUT2D eigenvalue weighted by Gasteiger charge is -2.33. The van der Waals surface area contributed by atoms with E-state index in [-0.39, 0.29) is 17.6 Å². The highest BCUT2D eigenvalue weighted by Gasteiger charge is 2.29. The molecule has 3 heterocycles. The van der Waals surface area contributed by atoms with Crippen LogP contribution in [0.15, 0.2) is 29.2 Å². The number of hydrogen-bond acceptors (Lipinski definition) is 5. The molecule has 1 aliphatic rings. The summed E-state index contributed by atoms with van der Waals surface area (Å²) in [5.74, 6) is -0.210. The molecule has 6 heteroatoms. The van der Waals surface area contributed by atoms with Gasteiger partial charge in [-0.2, -0.15) is 0 Å². The second-order valence-electron chi connectivity index (χ2n) is 5.98. The van der Waals surface area contributed by atoms with E-state index in [1.807, 2.05) is 19.1 Å². The van der Waals surface area contributed by atoms with Crippen LogP contribution in [0, 0.1) is 6.92 Å². The standard InChI is InChI=1S/C17H21N3O3/c1-12-6-5-9-20-15(21)10-13(18-16(12)20)11-19-8-4-3-7-14(19)17(22)23-2/h5-6,9-10,14H,3-4,7-8,11H2,1-2H3. The van der Waals surface area contributed by atoms with Gasteiger partial charge in [0.2, 0.25) is 0 Å². The summed E-state index contributed by atoms with van der Waals surface area (Å²) >= 11 is 0. The summed E-state index contributed by atoms with van der Waals surface area (Å²) in [7, 11) is 1.42. The third kappa shape index (κ3) is 3.12. The quantitative estimate of drug-likeness (QED) is 0.804. The molecule has 0 N–H and O–H groups in total. The molecule has 1 atom stereocenters. The Bertz CT molecular complexity index is 784. The number of nitrogens with zero attached hydrogens (tertiary/aromatic N) is 3. The summed E-state index contributed by atoms with van der Waals surface area (Å²) in [6, 6.07) is 5.08. The van der Waals surface area contributed by atoms with E-state index in [0.29, 0.717) is 17.9 Å². The molecule has 1 unspecified atom stereocenters. The predicted molar refractivity (Wildman–Crippen MR) is 86.3 cm³/mol. The van der Waals surface area contributed by atoms with E-state index in [1.54, 1.807) is 16.7 Å². The van der Waals surface area contributed by atoms with Gasteiger partial charge in [0.1, 0.15) is 11.7 Å². The number of rotatable bonds is 3. The van der Waals surface area contributed by atoms with Crippen molar-refractivity contribution in [3.05, 3.63) is 46.0 Å². The maximum atomic E-state index is 12.3. The Morgan fingerprint density at radius 3 is 3.04 bits per heavy atom. The van der Waals surface area contributed by atoms with Gasteiger partial charge in [-0.25, -0.2) is 4.98 Å². The van der Waals surface area contributed by atoms with Crippen LogP contribution in [-0.4, -0.2) is 40.0 Å². The summed E-state index contributed by atoms with van der Waals surface area (Å²) < 4.78 is 6.45. The summed E-state index contributed by atoms with van der Waals surface area (Å²) in [5, 5.41) is 0. The first-order valence-electron chi connectivity index (χ1n) is 7.90. The molecule has 2 aromatic rings. The van der Waals surface area contributed by atoms with Crippen molar-refractivity contribution in [2.45, 2.75) is 38.8 Å². The van der Waals surface area contributed by atoms with Gasteiger partial charge in [0.15, 0.2) is 0 Å². The number of carbonyl (C=O) groups excluding carboxylic acids is 1. The van der Waals surface area contributed by atoms with Crippen LogP contribution < -0.4 is 5.56 Å². The monoisotopic (exact) mass is 315 g/mol. The van der Waals surface area contributed by atoms with Crippen LogP contribution in [-0.2, 0) is 16.1 Å². The molecule has 1 aliphatic heterocycles. The minimum absolute atomic E-state index is 0.0969. The Labute approximate surface area is 134 Å². The van der Waals surface area contributed by atoms with Crippen LogP contribution in [0.25, 0.3) is 5.65 Å². The average Bonchev–Trinajstić information content (AvgIpc) is 2.56. The fraction of sp³-hybridized carbons (Fsp3) is 0.471. The van der Waals surface area contributed by atoms with Crippen molar-refractivity contribution in [1.82, 2.24) is 14.3 Å². The fourth-order valence-corrected chi connectivity index (χ4v) is 3.18. The highest BCUT2D eigenvalue weighted by molar-refractivity contribution is 5.75. The second kappa shape index (κ2) is 6.50. The molecular formula is C17H21N3O3. The third-order valence-corrected chi connectivity index (χ3v) is 4.39. The molecule has 0 aromatic carbocycles. The number of piperidine rings is 1. The SMILES string of the molecule is COC(=O)C1CCCCN1Cc1cc(=O)n2cccc(C)c2n1. The molecule has 0 radical (unpaired) electrons. The molecule has 23 heavy (non-hydrogen) atoms. The zero-order valence-electron chi connectivity index (χ0n) is 13.5. The van der Waals surface area contributed by atoms with Crippen LogP contribution in [0.5, 0.6) is 0 Å². The van der Waals surface area contributed by atoms with E-state index in [4.69, 9.17) is 4.74 Å². The number of hydrogen-bond donors (Lipinski definition) is 0. The molecule has 0 bridgehead atoms. The maximum Gasteiger partial charge on any atom is 0.323 e. The van der Waals surface area contributed by atoms with Crippen molar-refractivity contribution in [1.29, 1.82) is 0 Å². The van der Waals surface area contributed by atoms with Crippen LogP contribution in [0.1, 0.15) is 30.5 Å². The summed E-state index contributed by atoms with van der Waals surface area (Å²) in [6.45, 7) is 3.23. The van der Waals surface area contributed by atoms with Crippen LogP contribution in [0.2, 0.25) is 0 Å². The van der Waals surface area contributed by atoms with Gasteiger partial charge in [-0.1, -0.05) is 12.5 Å². The van der Waals surface area contributed by atoms with Gasteiger partial charge in [-0.15, -0.1) is 0 Å². The molecule has 2 aromatic heterocycles. The second-order valence-corrected chi connectivity index (χ2v) is 5.98. The van der Waals surface area contributed by atoms with E-state index >= 15 is 0 Å². The first-order chi connectivity index (χ1) is 11.1. The van der Waals surface area contributed by atoms with Gasteiger partial charge in [-0.05, 0) is 37.9 Å². The molecular weight excluding hydrogens is 294 g/mol. The Morgan fingerprint density at radius 1 is 1.43 bits per heavy atom. The molecule has 122 valence electrons. The topological polar surface area (TPSA) is 63.9 Å². The number of methoxy groups -OCH3 is 1. The number of carbonyl (C=O) groups is 1. The van der Waals surface area contributed by atoms with E-state index < -0.39 is 0 Å². The van der Waals surface area contributed by atoms with Crippen LogP contribution in [0.3, 0.4) is 0 Å². The van der Waals surface area contributed by atoms with Crippen molar-refractivity contribution in [2.24, 2.45) is 0 Å². The Morgan fingerprint density at radius 2 is 2.26 bits per heavy atom. The lowest BCUT2D eigenvalue weighted by molar-refractivity contribution is -0.148. The van der Waals surface area contributed by atoms with Crippen molar-refractivity contribution in [3.8, 4) is 0 Å². The number of aryl methyl sites for hydroxylation is 1. The van der Waals surface area contributed by atoms with E-state index in [0.717, 1.165) is 31.4 Å². The minimum Gasteiger partial charge on any atom is -0.468 e. The lowest BCUT2D eigenvalue weighted by atomic mass is 10.0. The zero-order chi connectivity index (χ0) is 16.4. The molecule has 0 spiro atoms. The average molecular weight is 315 g/mol. The molecule has 0 aliphatic carbocycles. The van der Waals surface area contributed by atoms with Gasteiger partial charge in [0, 0.05) is 18.8 Å². The highest BCUT2D eigenvalue weighted by atomic mass is 16.5. The highest BCUT2D eigenvalue weighted by Crippen LogP contribution is 2.20. The van der Waals surface area contributed by atoms with Crippen LogP contribution in [0.4, 0.5) is 0 Å². The van der Waals surface area contributed by atoms with E-state index in [9.17, 15) is 9.59 Å². The van der Waals surface area contributed by atoms with Crippen molar-refractivity contribution < 1.29 is 9.53 Å². The number of aromatic nitrogens is 2. The van der Waals surface area contributed by atoms with Crippen molar-refractivity contribution in [3.63, 3.8) is 0 Å². The maximum absolute atomic E-state index is 12.3. The van der Waals surface area contributed by atoms with E-state index in [2.05, 4.69) is 9.88 Å². The predicted octanol–water partition coefficient (Wildman–Crippen LogP) is 1.53. The first kappa shape index (κ1) is 15.7. The van der Waals surface area contributed by atoms with Gasteiger partial charge in [-0.3, -0.25) is 18.9 Å². The molecule has 3 rings (SSSR count). The Hall–Kier alpha value is -2.21. The number of ether oxygens (including phenoxy) is 1. The Balaban J connectivity index is 1.92. The van der Waals surface area contributed by atoms with Gasteiger partial charge in [0.25, 0.3) is 5.56 Å². The van der Waals surface area contributed by atoms with Gasteiger partial charge in [0.05, 0.1) is 12.8 Å². The number of pyridine rings is 1. The van der Waals surface area contributed by atoms with Crippen LogP contribution >= 0.6 is 0 Å². The summed E-state index contributed by atoms with van der Waals surface area (Å²) in [4.78, 5) is 30.9. The third-order valence-electron chi connectivity index (χ3n) is 4.39. The van der Waals surface area contributed by atoms with Gasteiger partial charge < -0.3 is 4.74 Å². The molecule has 0 saturated carbocycles.